The quantitative estimate of drug-likeness (QED) is 0.647. The second-order valence-electron chi connectivity index (χ2n) is 2.72. The van der Waals surface area contributed by atoms with Crippen molar-refractivity contribution in [2.75, 3.05) is 12.0 Å². The summed E-state index contributed by atoms with van der Waals surface area (Å²) >= 11 is 1.52. The normalized spacial score (nSPS) is 12.8. The van der Waals surface area contributed by atoms with Gasteiger partial charge in [0.2, 0.25) is 0 Å². The molecule has 0 aliphatic heterocycles. The number of phenols is 2. The first-order chi connectivity index (χ1) is 6.15. The van der Waals surface area contributed by atoms with Crippen molar-refractivity contribution in [1.29, 1.82) is 0 Å². The first-order valence-corrected chi connectivity index (χ1v) is 5.23. The minimum absolute atomic E-state index is 0.167. The molecule has 13 heavy (non-hydrogen) atoms. The Bertz CT molecular complexity index is 288. The zero-order valence-corrected chi connectivity index (χ0v) is 8.08. The van der Waals surface area contributed by atoms with E-state index >= 15 is 0 Å². The lowest BCUT2D eigenvalue weighted by Crippen LogP contribution is -1.99. The van der Waals surface area contributed by atoms with Crippen molar-refractivity contribution in [2.45, 2.75) is 6.10 Å². The molecule has 0 radical (unpaired) electrons. The lowest BCUT2D eigenvalue weighted by Gasteiger charge is -2.09. The Morgan fingerprint density at radius 3 is 2.54 bits per heavy atom. The van der Waals surface area contributed by atoms with Crippen molar-refractivity contribution in [2.24, 2.45) is 0 Å². The lowest BCUT2D eigenvalue weighted by molar-refractivity contribution is 0.203. The van der Waals surface area contributed by atoms with Crippen molar-refractivity contribution < 1.29 is 15.3 Å². The zero-order chi connectivity index (χ0) is 9.84. The molecule has 0 fully saturated rings. The van der Waals surface area contributed by atoms with Gasteiger partial charge in [0, 0.05) is 5.75 Å². The lowest BCUT2D eigenvalue weighted by atomic mass is 10.1. The maximum atomic E-state index is 9.52. The van der Waals surface area contributed by atoms with E-state index in [4.69, 9.17) is 10.2 Å². The number of benzene rings is 1. The van der Waals surface area contributed by atoms with Crippen molar-refractivity contribution in [3.8, 4) is 11.5 Å². The molecule has 1 aromatic carbocycles. The maximum absolute atomic E-state index is 9.52. The van der Waals surface area contributed by atoms with Crippen LogP contribution in [0.3, 0.4) is 0 Å². The van der Waals surface area contributed by atoms with E-state index < -0.39 is 6.10 Å². The van der Waals surface area contributed by atoms with Crippen LogP contribution in [0.1, 0.15) is 11.7 Å². The number of rotatable bonds is 3. The van der Waals surface area contributed by atoms with Crippen molar-refractivity contribution in [1.82, 2.24) is 0 Å². The Hall–Kier alpha value is -0.870. The molecule has 0 spiro atoms. The third kappa shape index (κ3) is 2.54. The minimum atomic E-state index is -0.596. The fourth-order valence-corrected chi connectivity index (χ4v) is 1.51. The van der Waals surface area contributed by atoms with Crippen molar-refractivity contribution in [3.63, 3.8) is 0 Å². The van der Waals surface area contributed by atoms with Gasteiger partial charge in [-0.1, -0.05) is 6.07 Å². The van der Waals surface area contributed by atoms with Crippen LogP contribution in [0.2, 0.25) is 0 Å². The largest absolute Gasteiger partial charge is 0.504 e. The minimum Gasteiger partial charge on any atom is -0.504 e. The van der Waals surface area contributed by atoms with Gasteiger partial charge in [0.1, 0.15) is 0 Å². The summed E-state index contributed by atoms with van der Waals surface area (Å²) in [5, 5.41) is 27.7. The second kappa shape index (κ2) is 4.39. The Labute approximate surface area is 81.0 Å². The van der Waals surface area contributed by atoms with Crippen LogP contribution in [0.25, 0.3) is 0 Å². The molecule has 0 aromatic heterocycles. The molecule has 1 unspecified atom stereocenters. The molecule has 1 aromatic rings. The van der Waals surface area contributed by atoms with Gasteiger partial charge in [-0.3, -0.25) is 0 Å². The summed E-state index contributed by atoms with van der Waals surface area (Å²) in [6.45, 7) is 0. The summed E-state index contributed by atoms with van der Waals surface area (Å²) in [6.07, 6.45) is 1.30. The molecular formula is C9H12O3S. The van der Waals surface area contributed by atoms with Crippen molar-refractivity contribution >= 4 is 11.8 Å². The van der Waals surface area contributed by atoms with Crippen molar-refractivity contribution in [3.05, 3.63) is 23.8 Å². The highest BCUT2D eigenvalue weighted by atomic mass is 32.2. The second-order valence-corrected chi connectivity index (χ2v) is 3.63. The zero-order valence-electron chi connectivity index (χ0n) is 7.27. The van der Waals surface area contributed by atoms with E-state index in [1.807, 2.05) is 6.26 Å². The average molecular weight is 200 g/mol. The Balaban J connectivity index is 2.84. The summed E-state index contributed by atoms with van der Waals surface area (Å²) in [6, 6.07) is 4.33. The molecule has 4 heteroatoms. The number of phenolic OH excluding ortho intramolecular Hbond substituents is 2. The molecule has 72 valence electrons. The molecule has 0 heterocycles. The van der Waals surface area contributed by atoms with Gasteiger partial charge in [-0.25, -0.2) is 0 Å². The van der Waals surface area contributed by atoms with Gasteiger partial charge in [-0.2, -0.15) is 11.8 Å². The van der Waals surface area contributed by atoms with E-state index in [9.17, 15) is 5.11 Å². The first kappa shape index (κ1) is 10.2. The fourth-order valence-electron chi connectivity index (χ4n) is 1.00. The van der Waals surface area contributed by atoms with E-state index in [1.165, 1.54) is 23.9 Å². The molecular weight excluding hydrogens is 188 g/mol. The van der Waals surface area contributed by atoms with Gasteiger partial charge in [-0.05, 0) is 24.0 Å². The summed E-state index contributed by atoms with van der Waals surface area (Å²) in [5.41, 5.74) is 0.615. The third-order valence-electron chi connectivity index (χ3n) is 1.71. The highest BCUT2D eigenvalue weighted by Crippen LogP contribution is 2.28. The van der Waals surface area contributed by atoms with E-state index in [1.54, 1.807) is 6.07 Å². The van der Waals surface area contributed by atoms with Crippen LogP contribution in [0.4, 0.5) is 0 Å². The fraction of sp³-hybridized carbons (Fsp3) is 0.333. The first-order valence-electron chi connectivity index (χ1n) is 3.84. The van der Waals surface area contributed by atoms with Crippen LogP contribution in [-0.4, -0.2) is 27.3 Å². The smallest absolute Gasteiger partial charge is 0.157 e. The van der Waals surface area contributed by atoms with Gasteiger partial charge >= 0.3 is 0 Å². The predicted molar refractivity (Wildman–Crippen MR) is 53.1 cm³/mol. The van der Waals surface area contributed by atoms with Gasteiger partial charge in [-0.15, -0.1) is 0 Å². The van der Waals surface area contributed by atoms with Crippen LogP contribution in [0, 0.1) is 0 Å². The van der Waals surface area contributed by atoms with E-state index in [2.05, 4.69) is 0 Å². The molecule has 0 aliphatic carbocycles. The maximum Gasteiger partial charge on any atom is 0.157 e. The molecule has 3 nitrogen and oxygen atoms in total. The molecule has 1 atom stereocenters. The highest BCUT2D eigenvalue weighted by Gasteiger charge is 2.08. The summed E-state index contributed by atoms with van der Waals surface area (Å²) in [4.78, 5) is 0. The molecule has 3 N–H and O–H groups in total. The summed E-state index contributed by atoms with van der Waals surface area (Å²) in [7, 11) is 0. The number of aliphatic hydroxyl groups is 1. The van der Waals surface area contributed by atoms with Gasteiger partial charge in [0.05, 0.1) is 6.10 Å². The van der Waals surface area contributed by atoms with E-state index in [0.29, 0.717) is 11.3 Å². The Morgan fingerprint density at radius 2 is 2.00 bits per heavy atom. The molecule has 0 bridgehead atoms. The predicted octanol–water partition coefficient (Wildman–Crippen LogP) is 1.49. The number of aliphatic hydroxyl groups excluding tert-OH is 1. The Kier molecular flexibility index (Phi) is 3.45. The standard InChI is InChI=1S/C9H12O3S/c1-13-5-9(12)6-2-3-7(10)8(11)4-6/h2-4,9-12H,5H2,1H3. The van der Waals surface area contributed by atoms with Crippen LogP contribution in [0.5, 0.6) is 11.5 Å². The van der Waals surface area contributed by atoms with Crippen LogP contribution in [0.15, 0.2) is 18.2 Å². The third-order valence-corrected chi connectivity index (χ3v) is 2.36. The van der Waals surface area contributed by atoms with Crippen LogP contribution in [-0.2, 0) is 0 Å². The Morgan fingerprint density at radius 1 is 1.31 bits per heavy atom. The van der Waals surface area contributed by atoms with Crippen LogP contribution < -0.4 is 0 Å². The molecule has 0 saturated heterocycles. The summed E-state index contributed by atoms with van der Waals surface area (Å²) in [5.74, 6) is 0.210. The highest BCUT2D eigenvalue weighted by molar-refractivity contribution is 7.98. The van der Waals surface area contributed by atoms with Crippen LogP contribution >= 0.6 is 11.8 Å². The number of aromatic hydroxyl groups is 2. The van der Waals surface area contributed by atoms with Gasteiger partial charge < -0.3 is 15.3 Å². The topological polar surface area (TPSA) is 60.7 Å². The van der Waals surface area contributed by atoms with Gasteiger partial charge in [0.15, 0.2) is 11.5 Å². The number of hydrogen-bond acceptors (Lipinski definition) is 4. The van der Waals surface area contributed by atoms with E-state index in [-0.39, 0.29) is 11.5 Å². The molecule has 1 rings (SSSR count). The molecule has 0 aliphatic rings. The van der Waals surface area contributed by atoms with Gasteiger partial charge in [0.25, 0.3) is 0 Å². The number of thioether (sulfide) groups is 1. The average Bonchev–Trinajstić information content (AvgIpc) is 2.10. The van der Waals surface area contributed by atoms with E-state index in [0.717, 1.165) is 0 Å². The molecule has 0 amide bonds. The summed E-state index contributed by atoms with van der Waals surface area (Å²) < 4.78 is 0. The molecule has 0 saturated carbocycles. The SMILES string of the molecule is CSCC(O)c1ccc(O)c(O)c1. The number of hydrogen-bond donors (Lipinski definition) is 3. The monoisotopic (exact) mass is 200 g/mol.